The number of para-hydroxylation sites is 2. The number of rotatable bonds is 4. The SMILES string of the molecule is CCOC(=O)c1c(C)oc2ncn(Cc3nc4ccccc4nc3C)c(=O)c12. The van der Waals surface area contributed by atoms with Gasteiger partial charge in [0.05, 0.1) is 35.6 Å². The molecule has 4 rings (SSSR count). The molecule has 142 valence electrons. The lowest BCUT2D eigenvalue weighted by molar-refractivity contribution is 0.0526. The monoisotopic (exact) mass is 378 g/mol. The van der Waals surface area contributed by atoms with E-state index in [4.69, 9.17) is 9.15 Å². The van der Waals surface area contributed by atoms with Crippen LogP contribution in [0, 0.1) is 13.8 Å². The first-order valence-corrected chi connectivity index (χ1v) is 8.87. The lowest BCUT2D eigenvalue weighted by atomic mass is 10.2. The molecule has 0 N–H and O–H groups in total. The Morgan fingerprint density at radius 2 is 1.89 bits per heavy atom. The van der Waals surface area contributed by atoms with Crippen molar-refractivity contribution in [2.24, 2.45) is 0 Å². The number of benzene rings is 1. The van der Waals surface area contributed by atoms with Gasteiger partial charge in [0.15, 0.2) is 0 Å². The Hall–Kier alpha value is -3.55. The summed E-state index contributed by atoms with van der Waals surface area (Å²) in [4.78, 5) is 38.7. The summed E-state index contributed by atoms with van der Waals surface area (Å²) in [6.07, 6.45) is 1.39. The number of nitrogens with zero attached hydrogens (tertiary/aromatic N) is 4. The van der Waals surface area contributed by atoms with Gasteiger partial charge in [-0.3, -0.25) is 9.36 Å². The van der Waals surface area contributed by atoms with Crippen molar-refractivity contribution in [1.82, 2.24) is 19.5 Å². The van der Waals surface area contributed by atoms with Crippen LogP contribution in [0.25, 0.3) is 22.1 Å². The minimum absolute atomic E-state index is 0.114. The average Bonchev–Trinajstić information content (AvgIpc) is 3.01. The van der Waals surface area contributed by atoms with Crippen molar-refractivity contribution in [2.45, 2.75) is 27.3 Å². The van der Waals surface area contributed by atoms with Crippen LogP contribution >= 0.6 is 0 Å². The summed E-state index contributed by atoms with van der Waals surface area (Å²) in [5, 5.41) is 0.116. The highest BCUT2D eigenvalue weighted by molar-refractivity contribution is 6.03. The number of fused-ring (bicyclic) bond motifs is 2. The van der Waals surface area contributed by atoms with Crippen LogP contribution < -0.4 is 5.56 Å². The third-order valence-corrected chi connectivity index (χ3v) is 4.50. The van der Waals surface area contributed by atoms with E-state index in [9.17, 15) is 9.59 Å². The summed E-state index contributed by atoms with van der Waals surface area (Å²) in [5.74, 6) is -0.297. The Balaban J connectivity index is 1.83. The third kappa shape index (κ3) is 2.92. The lowest BCUT2D eigenvalue weighted by Crippen LogP contribution is -2.23. The zero-order chi connectivity index (χ0) is 19.8. The van der Waals surface area contributed by atoms with Crippen molar-refractivity contribution in [3.8, 4) is 0 Å². The molecule has 0 aliphatic rings. The molecule has 8 nitrogen and oxygen atoms in total. The highest BCUT2D eigenvalue weighted by Gasteiger charge is 2.24. The molecule has 0 fully saturated rings. The van der Waals surface area contributed by atoms with Crippen LogP contribution in [0.1, 0.15) is 34.4 Å². The fraction of sp³-hybridized carbons (Fsp3) is 0.250. The molecule has 3 aromatic heterocycles. The Morgan fingerprint density at radius 3 is 2.61 bits per heavy atom. The summed E-state index contributed by atoms with van der Waals surface area (Å²) in [6.45, 7) is 5.53. The van der Waals surface area contributed by atoms with Crippen molar-refractivity contribution < 1.29 is 13.9 Å². The summed E-state index contributed by atoms with van der Waals surface area (Å²) in [6, 6.07) is 7.54. The molecular weight excluding hydrogens is 360 g/mol. The van der Waals surface area contributed by atoms with Crippen molar-refractivity contribution in [3.05, 3.63) is 63.7 Å². The topological polar surface area (TPSA) is 100 Å². The van der Waals surface area contributed by atoms with Crippen LogP contribution in [-0.4, -0.2) is 32.1 Å². The van der Waals surface area contributed by atoms with Gasteiger partial charge in [-0.25, -0.2) is 19.7 Å². The fourth-order valence-corrected chi connectivity index (χ4v) is 3.14. The number of aromatic nitrogens is 4. The van der Waals surface area contributed by atoms with Gasteiger partial charge in [-0.1, -0.05) is 12.1 Å². The molecular formula is C20H18N4O4. The molecule has 4 aromatic rings. The molecule has 0 saturated carbocycles. The molecule has 0 amide bonds. The minimum Gasteiger partial charge on any atom is -0.462 e. The molecule has 0 unspecified atom stereocenters. The van der Waals surface area contributed by atoms with Crippen LogP contribution in [0.4, 0.5) is 0 Å². The minimum atomic E-state index is -0.600. The maximum absolute atomic E-state index is 13.1. The lowest BCUT2D eigenvalue weighted by Gasteiger charge is -2.08. The molecule has 0 aliphatic heterocycles. The molecule has 3 heterocycles. The summed E-state index contributed by atoms with van der Waals surface area (Å²) in [7, 11) is 0. The van der Waals surface area contributed by atoms with Gasteiger partial charge in [0.2, 0.25) is 5.71 Å². The van der Waals surface area contributed by atoms with Crippen LogP contribution in [0.2, 0.25) is 0 Å². The van der Waals surface area contributed by atoms with Gasteiger partial charge in [0.25, 0.3) is 5.56 Å². The van der Waals surface area contributed by atoms with E-state index in [2.05, 4.69) is 15.0 Å². The zero-order valence-electron chi connectivity index (χ0n) is 15.7. The number of aryl methyl sites for hydroxylation is 2. The van der Waals surface area contributed by atoms with Gasteiger partial charge >= 0.3 is 5.97 Å². The van der Waals surface area contributed by atoms with Gasteiger partial charge in [-0.15, -0.1) is 0 Å². The number of furan rings is 1. The van der Waals surface area contributed by atoms with E-state index in [-0.39, 0.29) is 35.4 Å². The van der Waals surface area contributed by atoms with Crippen LogP contribution in [-0.2, 0) is 11.3 Å². The second kappa shape index (κ2) is 6.88. The van der Waals surface area contributed by atoms with Crippen molar-refractivity contribution in [1.29, 1.82) is 0 Å². The van der Waals surface area contributed by atoms with Gasteiger partial charge in [-0.05, 0) is 32.9 Å². The summed E-state index contributed by atoms with van der Waals surface area (Å²) >= 11 is 0. The number of carbonyl (C=O) groups excluding carboxylic acids is 1. The zero-order valence-corrected chi connectivity index (χ0v) is 15.7. The van der Waals surface area contributed by atoms with Crippen molar-refractivity contribution >= 4 is 28.1 Å². The van der Waals surface area contributed by atoms with Crippen LogP contribution in [0.5, 0.6) is 0 Å². The van der Waals surface area contributed by atoms with Gasteiger partial charge in [0.1, 0.15) is 23.0 Å². The third-order valence-electron chi connectivity index (χ3n) is 4.50. The number of ether oxygens (including phenoxy) is 1. The van der Waals surface area contributed by atoms with Crippen molar-refractivity contribution in [2.75, 3.05) is 6.61 Å². The Bertz CT molecular complexity index is 1270. The number of esters is 1. The molecule has 0 aliphatic carbocycles. The number of carbonyl (C=O) groups is 1. The Morgan fingerprint density at radius 1 is 1.18 bits per heavy atom. The molecule has 0 atom stereocenters. The van der Waals surface area contributed by atoms with Gasteiger partial charge < -0.3 is 9.15 Å². The highest BCUT2D eigenvalue weighted by Crippen LogP contribution is 2.22. The number of hydrogen-bond acceptors (Lipinski definition) is 7. The number of hydrogen-bond donors (Lipinski definition) is 0. The predicted octanol–water partition coefficient (Wildman–Crippen LogP) is 2.77. The molecule has 0 saturated heterocycles. The summed E-state index contributed by atoms with van der Waals surface area (Å²) in [5.41, 5.74) is 2.75. The second-order valence-electron chi connectivity index (χ2n) is 6.36. The maximum Gasteiger partial charge on any atom is 0.342 e. The Labute approximate surface area is 159 Å². The van der Waals surface area contributed by atoms with Crippen molar-refractivity contribution in [3.63, 3.8) is 0 Å². The first kappa shape index (κ1) is 17.8. The maximum atomic E-state index is 13.1. The molecule has 0 spiro atoms. The van der Waals surface area contributed by atoms with E-state index in [0.717, 1.165) is 16.7 Å². The van der Waals surface area contributed by atoms with Gasteiger partial charge in [0, 0.05) is 0 Å². The quantitative estimate of drug-likeness (QED) is 0.503. The van der Waals surface area contributed by atoms with E-state index in [1.807, 2.05) is 31.2 Å². The van der Waals surface area contributed by atoms with E-state index in [1.165, 1.54) is 10.9 Å². The normalized spacial score (nSPS) is 11.2. The van der Waals surface area contributed by atoms with Gasteiger partial charge in [-0.2, -0.15) is 0 Å². The second-order valence-corrected chi connectivity index (χ2v) is 6.36. The molecule has 1 aromatic carbocycles. The van der Waals surface area contributed by atoms with E-state index < -0.39 is 5.97 Å². The average molecular weight is 378 g/mol. The van der Waals surface area contributed by atoms with E-state index in [1.54, 1.807) is 13.8 Å². The Kier molecular flexibility index (Phi) is 4.38. The van der Waals surface area contributed by atoms with E-state index >= 15 is 0 Å². The predicted molar refractivity (Wildman–Crippen MR) is 102 cm³/mol. The molecule has 0 bridgehead atoms. The van der Waals surface area contributed by atoms with Crippen LogP contribution in [0.3, 0.4) is 0 Å². The first-order valence-electron chi connectivity index (χ1n) is 8.87. The highest BCUT2D eigenvalue weighted by atomic mass is 16.5. The van der Waals surface area contributed by atoms with Crippen LogP contribution in [0.15, 0.2) is 39.8 Å². The molecule has 0 radical (unpaired) electrons. The standard InChI is InChI=1S/C20H18N4O4/c1-4-27-20(26)16-12(3)28-18-17(16)19(25)24(10-21-18)9-15-11(2)22-13-7-5-6-8-14(13)23-15/h5-8,10H,4,9H2,1-3H3. The largest absolute Gasteiger partial charge is 0.462 e. The molecule has 28 heavy (non-hydrogen) atoms. The van der Waals surface area contributed by atoms with E-state index in [0.29, 0.717) is 11.5 Å². The molecule has 8 heteroatoms. The summed E-state index contributed by atoms with van der Waals surface area (Å²) < 4.78 is 11.9. The first-order chi connectivity index (χ1) is 13.5. The smallest absolute Gasteiger partial charge is 0.342 e. The fourth-order valence-electron chi connectivity index (χ4n) is 3.14.